The highest BCUT2D eigenvalue weighted by Gasteiger charge is 2.58. The third kappa shape index (κ3) is 3.39. The van der Waals surface area contributed by atoms with Crippen LogP contribution in [-0.4, -0.2) is 36.3 Å². The SMILES string of the molecule is CC(=O)N[C@@]1(c2cc(Br)ccc2F)COC(C(C)(F)F)[C@H]1CO. The van der Waals surface area contributed by atoms with Crippen LogP contribution in [0.25, 0.3) is 0 Å². The topological polar surface area (TPSA) is 58.6 Å². The monoisotopic (exact) mass is 395 g/mol. The number of benzene rings is 1. The first-order valence-electron chi connectivity index (χ1n) is 6.96. The molecule has 4 nitrogen and oxygen atoms in total. The molecule has 2 N–H and O–H groups in total. The molecule has 0 saturated carbocycles. The number of aliphatic hydroxyl groups is 1. The lowest BCUT2D eigenvalue weighted by Crippen LogP contribution is -2.54. The Bertz CT molecular complexity index is 608. The number of amides is 1. The first kappa shape index (κ1) is 18.2. The predicted molar refractivity (Wildman–Crippen MR) is 80.5 cm³/mol. The molecule has 1 unspecified atom stereocenters. The predicted octanol–water partition coefficient (Wildman–Crippen LogP) is 2.58. The second-order valence-corrected chi connectivity index (χ2v) is 6.67. The summed E-state index contributed by atoms with van der Waals surface area (Å²) < 4.78 is 47.6. The van der Waals surface area contributed by atoms with Crippen LogP contribution in [0, 0.1) is 11.7 Å². The van der Waals surface area contributed by atoms with Crippen molar-refractivity contribution >= 4 is 21.8 Å². The van der Waals surface area contributed by atoms with Crippen molar-refractivity contribution < 1.29 is 27.8 Å². The molecule has 3 atom stereocenters. The molecule has 1 aromatic carbocycles. The number of nitrogens with one attached hydrogen (secondary N) is 1. The van der Waals surface area contributed by atoms with Crippen LogP contribution in [0.4, 0.5) is 13.2 Å². The highest BCUT2D eigenvalue weighted by Crippen LogP contribution is 2.45. The van der Waals surface area contributed by atoms with Gasteiger partial charge in [0.1, 0.15) is 11.9 Å². The lowest BCUT2D eigenvalue weighted by Gasteiger charge is -2.36. The number of alkyl halides is 2. The van der Waals surface area contributed by atoms with E-state index >= 15 is 0 Å². The minimum Gasteiger partial charge on any atom is -0.396 e. The van der Waals surface area contributed by atoms with Gasteiger partial charge in [0.2, 0.25) is 5.91 Å². The minimum absolute atomic E-state index is 0.00660. The summed E-state index contributed by atoms with van der Waals surface area (Å²) in [6.45, 7) is 0.810. The van der Waals surface area contributed by atoms with Gasteiger partial charge in [0.15, 0.2) is 0 Å². The fourth-order valence-corrected chi connectivity index (χ4v) is 3.44. The minimum atomic E-state index is -3.25. The molecule has 1 heterocycles. The Morgan fingerprint density at radius 3 is 2.74 bits per heavy atom. The van der Waals surface area contributed by atoms with Gasteiger partial charge < -0.3 is 15.2 Å². The number of halogens is 4. The third-order valence-electron chi connectivity index (χ3n) is 3.99. The van der Waals surface area contributed by atoms with E-state index in [1.807, 2.05) is 0 Å². The maximum atomic E-state index is 14.4. The molecular weight excluding hydrogens is 379 g/mol. The molecule has 0 radical (unpaired) electrons. The van der Waals surface area contributed by atoms with Gasteiger partial charge in [-0.05, 0) is 18.2 Å². The summed E-state index contributed by atoms with van der Waals surface area (Å²) in [5.74, 6) is -5.67. The zero-order valence-electron chi connectivity index (χ0n) is 12.6. The van der Waals surface area contributed by atoms with Gasteiger partial charge in [0, 0.05) is 29.8 Å². The Labute approximate surface area is 140 Å². The number of hydrogen-bond acceptors (Lipinski definition) is 3. The normalized spacial score (nSPS) is 28.0. The van der Waals surface area contributed by atoms with Crippen molar-refractivity contribution in [3.63, 3.8) is 0 Å². The van der Waals surface area contributed by atoms with Crippen LogP contribution < -0.4 is 5.32 Å². The number of rotatable bonds is 4. The highest BCUT2D eigenvalue weighted by atomic mass is 79.9. The number of hydrogen-bond donors (Lipinski definition) is 2. The molecule has 0 aliphatic carbocycles. The Hall–Kier alpha value is -1.12. The second kappa shape index (κ2) is 6.41. The fourth-order valence-electron chi connectivity index (χ4n) is 3.08. The van der Waals surface area contributed by atoms with E-state index in [1.165, 1.54) is 19.1 Å². The Morgan fingerprint density at radius 1 is 1.57 bits per heavy atom. The molecule has 23 heavy (non-hydrogen) atoms. The molecule has 0 bridgehead atoms. The van der Waals surface area contributed by atoms with E-state index in [9.17, 15) is 23.1 Å². The van der Waals surface area contributed by atoms with Crippen LogP contribution in [-0.2, 0) is 15.1 Å². The van der Waals surface area contributed by atoms with Crippen molar-refractivity contribution in [1.29, 1.82) is 0 Å². The van der Waals surface area contributed by atoms with Gasteiger partial charge in [-0.2, -0.15) is 0 Å². The van der Waals surface area contributed by atoms with Crippen molar-refractivity contribution in [2.75, 3.05) is 13.2 Å². The third-order valence-corrected chi connectivity index (χ3v) is 4.49. The number of carbonyl (C=O) groups excluding carboxylic acids is 1. The van der Waals surface area contributed by atoms with Gasteiger partial charge in [-0.15, -0.1) is 0 Å². The Morgan fingerprint density at radius 2 is 2.22 bits per heavy atom. The fraction of sp³-hybridized carbons (Fsp3) is 0.533. The molecule has 8 heteroatoms. The standard InChI is InChI=1S/C15H17BrF3NO3/c1-8(22)20-15(10-5-9(16)3-4-12(10)17)7-23-13(11(15)6-21)14(2,18)19/h3-5,11,13,21H,6-7H2,1-2H3,(H,20,22)/t11-,13?,15-/m1/s1. The van der Waals surface area contributed by atoms with Crippen molar-refractivity contribution in [2.45, 2.75) is 31.4 Å². The molecule has 1 aliphatic rings. The van der Waals surface area contributed by atoms with Gasteiger partial charge in [-0.3, -0.25) is 4.79 Å². The summed E-state index contributed by atoms with van der Waals surface area (Å²) in [7, 11) is 0. The van der Waals surface area contributed by atoms with E-state index in [4.69, 9.17) is 4.74 Å². The summed E-state index contributed by atoms with van der Waals surface area (Å²) in [5.41, 5.74) is -1.58. The molecule has 2 rings (SSSR count). The van der Waals surface area contributed by atoms with Crippen LogP contribution in [0.5, 0.6) is 0 Å². The average Bonchev–Trinajstić information content (AvgIpc) is 2.80. The van der Waals surface area contributed by atoms with Crippen LogP contribution in [0.3, 0.4) is 0 Å². The van der Waals surface area contributed by atoms with Crippen molar-refractivity contribution in [3.05, 3.63) is 34.1 Å². The zero-order valence-corrected chi connectivity index (χ0v) is 14.2. The van der Waals surface area contributed by atoms with Crippen LogP contribution in [0.15, 0.2) is 22.7 Å². The maximum absolute atomic E-state index is 14.4. The zero-order chi connectivity index (χ0) is 17.4. The van der Waals surface area contributed by atoms with Crippen molar-refractivity contribution in [1.82, 2.24) is 5.32 Å². The van der Waals surface area contributed by atoms with Crippen LogP contribution >= 0.6 is 15.9 Å². The van der Waals surface area contributed by atoms with Crippen molar-refractivity contribution in [2.24, 2.45) is 5.92 Å². The van der Waals surface area contributed by atoms with E-state index < -0.39 is 41.8 Å². The molecule has 1 aromatic rings. The van der Waals surface area contributed by atoms with Gasteiger partial charge >= 0.3 is 0 Å². The van der Waals surface area contributed by atoms with E-state index in [0.717, 1.165) is 6.07 Å². The summed E-state index contributed by atoms with van der Waals surface area (Å²) >= 11 is 3.20. The number of aliphatic hydroxyl groups excluding tert-OH is 1. The van der Waals surface area contributed by atoms with Gasteiger partial charge in [-0.25, -0.2) is 13.2 Å². The average molecular weight is 396 g/mol. The summed E-state index contributed by atoms with van der Waals surface area (Å²) in [5, 5.41) is 12.2. The first-order valence-corrected chi connectivity index (χ1v) is 7.75. The van der Waals surface area contributed by atoms with E-state index in [2.05, 4.69) is 21.2 Å². The van der Waals surface area contributed by atoms with Gasteiger partial charge in [-0.1, -0.05) is 15.9 Å². The second-order valence-electron chi connectivity index (χ2n) is 5.75. The van der Waals surface area contributed by atoms with Gasteiger partial charge in [0.05, 0.1) is 18.8 Å². The lowest BCUT2D eigenvalue weighted by molar-refractivity contribution is -0.124. The van der Waals surface area contributed by atoms with Gasteiger partial charge in [0.25, 0.3) is 5.92 Å². The first-order chi connectivity index (χ1) is 10.6. The smallest absolute Gasteiger partial charge is 0.271 e. The summed E-state index contributed by atoms with van der Waals surface area (Å²) in [4.78, 5) is 11.6. The molecule has 1 saturated heterocycles. The van der Waals surface area contributed by atoms with E-state index in [1.54, 1.807) is 0 Å². The maximum Gasteiger partial charge on any atom is 0.271 e. The Kier molecular flexibility index (Phi) is 5.08. The summed E-state index contributed by atoms with van der Waals surface area (Å²) in [6.07, 6.45) is -1.64. The lowest BCUT2D eigenvalue weighted by atomic mass is 9.76. The molecule has 0 spiro atoms. The van der Waals surface area contributed by atoms with Crippen LogP contribution in [0.2, 0.25) is 0 Å². The van der Waals surface area contributed by atoms with E-state index in [-0.39, 0.29) is 12.2 Å². The molecule has 0 aromatic heterocycles. The Balaban J connectivity index is 2.61. The number of ether oxygens (including phenoxy) is 1. The molecule has 1 amide bonds. The highest BCUT2D eigenvalue weighted by molar-refractivity contribution is 9.10. The molecule has 1 fully saturated rings. The van der Waals surface area contributed by atoms with E-state index in [0.29, 0.717) is 11.4 Å². The molecule has 128 valence electrons. The van der Waals surface area contributed by atoms with Crippen LogP contribution in [0.1, 0.15) is 19.4 Å². The quantitative estimate of drug-likeness (QED) is 0.823. The molecular formula is C15H17BrF3NO3. The molecule has 1 aliphatic heterocycles. The number of carbonyl (C=O) groups is 1. The van der Waals surface area contributed by atoms with Crippen molar-refractivity contribution in [3.8, 4) is 0 Å². The largest absolute Gasteiger partial charge is 0.396 e. The summed E-state index contributed by atoms with van der Waals surface area (Å²) in [6, 6.07) is 4.01.